The predicted octanol–water partition coefficient (Wildman–Crippen LogP) is 1.36. The van der Waals surface area contributed by atoms with E-state index >= 15 is 0 Å². The van der Waals surface area contributed by atoms with Crippen molar-refractivity contribution in [2.75, 3.05) is 5.32 Å². The minimum absolute atomic E-state index is 0.225. The van der Waals surface area contributed by atoms with Crippen LogP contribution >= 0.6 is 0 Å². The van der Waals surface area contributed by atoms with E-state index in [-0.39, 0.29) is 11.5 Å². The maximum atomic E-state index is 12.6. The number of aromatic nitrogens is 3. The summed E-state index contributed by atoms with van der Waals surface area (Å²) in [6.45, 7) is 1.57. The Labute approximate surface area is 118 Å². The molecule has 10 heteroatoms. The van der Waals surface area contributed by atoms with Crippen LogP contribution in [0.4, 0.5) is 14.5 Å². The Bertz CT molecular complexity index is 773. The van der Waals surface area contributed by atoms with Crippen LogP contribution in [0.15, 0.2) is 29.2 Å². The third kappa shape index (κ3) is 3.05. The molecule has 1 aromatic carbocycles. The molecule has 1 amide bonds. The minimum Gasteiger partial charge on any atom is -0.318 e. The number of nitrogens with one attached hydrogen (secondary N) is 2. The molecule has 0 bridgehead atoms. The minimum atomic E-state index is -4.83. The first kappa shape index (κ1) is 15.0. The molecule has 21 heavy (non-hydrogen) atoms. The van der Waals surface area contributed by atoms with Crippen molar-refractivity contribution in [3.05, 3.63) is 35.9 Å². The van der Waals surface area contributed by atoms with Crippen molar-refractivity contribution in [3.63, 3.8) is 0 Å². The average Bonchev–Trinajstić information content (AvgIpc) is 2.86. The number of halogens is 2. The number of H-pyrrole nitrogens is 1. The van der Waals surface area contributed by atoms with Crippen molar-refractivity contribution in [1.82, 2.24) is 15.2 Å². The van der Waals surface area contributed by atoms with Crippen LogP contribution in [0.1, 0.15) is 16.4 Å². The zero-order valence-corrected chi connectivity index (χ0v) is 11.5. The smallest absolute Gasteiger partial charge is 0.318 e. The summed E-state index contributed by atoms with van der Waals surface area (Å²) in [4.78, 5) is 14.9. The van der Waals surface area contributed by atoms with Crippen molar-refractivity contribution in [2.45, 2.75) is 17.6 Å². The van der Waals surface area contributed by atoms with Gasteiger partial charge in [0, 0.05) is 0 Å². The number of carbonyl (C=O) groups is 1. The highest BCUT2D eigenvalue weighted by atomic mass is 32.2. The molecule has 0 aliphatic heterocycles. The van der Waals surface area contributed by atoms with Crippen LogP contribution in [-0.4, -0.2) is 35.3 Å². The summed E-state index contributed by atoms with van der Waals surface area (Å²) in [6.07, 6.45) is 0. The topological polar surface area (TPSA) is 105 Å². The van der Waals surface area contributed by atoms with Gasteiger partial charge in [0.25, 0.3) is 5.91 Å². The molecule has 0 unspecified atom stereocenters. The molecule has 112 valence electrons. The summed E-state index contributed by atoms with van der Waals surface area (Å²) in [7, 11) is -4.83. The molecule has 0 fully saturated rings. The predicted molar refractivity (Wildman–Crippen MR) is 68.7 cm³/mol. The highest BCUT2D eigenvalue weighted by Crippen LogP contribution is 2.26. The maximum Gasteiger partial charge on any atom is 0.341 e. The fourth-order valence-electron chi connectivity index (χ4n) is 1.54. The lowest BCUT2D eigenvalue weighted by Crippen LogP contribution is -2.18. The fraction of sp³-hybridized carbons (Fsp3) is 0.182. The van der Waals surface area contributed by atoms with Crippen LogP contribution < -0.4 is 5.32 Å². The molecule has 1 aromatic heterocycles. The summed E-state index contributed by atoms with van der Waals surface area (Å²) in [5.41, 5.74) is -0.259. The Hall–Kier alpha value is -2.36. The van der Waals surface area contributed by atoms with E-state index in [1.807, 2.05) is 0 Å². The molecule has 0 atom stereocenters. The number of rotatable bonds is 4. The molecule has 7 nitrogen and oxygen atoms in total. The van der Waals surface area contributed by atoms with E-state index < -0.39 is 26.4 Å². The number of hydrogen-bond donors (Lipinski definition) is 2. The summed E-state index contributed by atoms with van der Waals surface area (Å²) in [5, 5.41) is 8.24. The number of aromatic amines is 1. The highest BCUT2D eigenvalue weighted by Gasteiger charge is 2.29. The third-order valence-corrected chi connectivity index (χ3v) is 3.91. The number of para-hydroxylation sites is 1. The highest BCUT2D eigenvalue weighted by molar-refractivity contribution is 7.91. The number of alkyl halides is 2. The van der Waals surface area contributed by atoms with Gasteiger partial charge in [0.2, 0.25) is 15.7 Å². The van der Waals surface area contributed by atoms with Gasteiger partial charge in [-0.3, -0.25) is 9.89 Å². The van der Waals surface area contributed by atoms with Gasteiger partial charge < -0.3 is 5.32 Å². The lowest BCUT2D eigenvalue weighted by atomic mass is 10.3. The largest absolute Gasteiger partial charge is 0.341 e. The van der Waals surface area contributed by atoms with Gasteiger partial charge in [-0.1, -0.05) is 12.1 Å². The third-order valence-electron chi connectivity index (χ3n) is 2.48. The Kier molecular flexibility index (Phi) is 3.98. The second-order valence-electron chi connectivity index (χ2n) is 4.00. The fourth-order valence-corrected chi connectivity index (χ4v) is 2.42. The monoisotopic (exact) mass is 316 g/mol. The second-order valence-corrected chi connectivity index (χ2v) is 5.89. The van der Waals surface area contributed by atoms with Gasteiger partial charge in [0.1, 0.15) is 5.82 Å². The molecule has 0 radical (unpaired) electrons. The van der Waals surface area contributed by atoms with Crippen LogP contribution in [0.5, 0.6) is 0 Å². The van der Waals surface area contributed by atoms with Crippen LogP contribution in [0.25, 0.3) is 0 Å². The first-order valence-electron chi connectivity index (χ1n) is 5.64. The Morgan fingerprint density at radius 3 is 2.57 bits per heavy atom. The van der Waals surface area contributed by atoms with Crippen LogP contribution in [-0.2, 0) is 9.84 Å². The molecular weight excluding hydrogens is 306 g/mol. The summed E-state index contributed by atoms with van der Waals surface area (Å²) >= 11 is 0. The quantitative estimate of drug-likeness (QED) is 0.886. The summed E-state index contributed by atoms with van der Waals surface area (Å²) in [5.74, 6) is -4.23. The number of anilines is 1. The lowest BCUT2D eigenvalue weighted by Gasteiger charge is -2.10. The second kappa shape index (κ2) is 5.56. The van der Waals surface area contributed by atoms with Gasteiger partial charge in [0.05, 0.1) is 10.6 Å². The van der Waals surface area contributed by atoms with Crippen molar-refractivity contribution in [3.8, 4) is 0 Å². The molecule has 2 aromatic rings. The number of benzene rings is 1. The van der Waals surface area contributed by atoms with Gasteiger partial charge in [-0.2, -0.15) is 8.78 Å². The number of nitrogens with zero attached hydrogens (tertiary/aromatic N) is 2. The Morgan fingerprint density at radius 1 is 1.33 bits per heavy atom. The molecule has 2 rings (SSSR count). The Morgan fingerprint density at radius 2 is 2.00 bits per heavy atom. The number of aryl methyl sites for hydroxylation is 1. The van der Waals surface area contributed by atoms with E-state index in [1.54, 1.807) is 6.92 Å². The molecule has 0 aliphatic carbocycles. The summed E-state index contributed by atoms with van der Waals surface area (Å²) in [6, 6.07) is 4.87. The first-order valence-corrected chi connectivity index (χ1v) is 7.18. The number of sulfone groups is 1. The van der Waals surface area contributed by atoms with Gasteiger partial charge in [-0.15, -0.1) is 5.10 Å². The van der Waals surface area contributed by atoms with Crippen LogP contribution in [0.3, 0.4) is 0 Å². The van der Waals surface area contributed by atoms with Crippen molar-refractivity contribution < 1.29 is 22.0 Å². The molecule has 0 saturated carbocycles. The van der Waals surface area contributed by atoms with Gasteiger partial charge in [0.15, 0.2) is 0 Å². The molecule has 1 heterocycles. The normalized spacial score (nSPS) is 11.6. The number of hydrogen-bond acceptors (Lipinski definition) is 5. The molecule has 0 aliphatic rings. The van der Waals surface area contributed by atoms with Crippen LogP contribution in [0.2, 0.25) is 0 Å². The van der Waals surface area contributed by atoms with Gasteiger partial charge >= 0.3 is 5.76 Å². The van der Waals surface area contributed by atoms with E-state index in [4.69, 9.17) is 0 Å². The van der Waals surface area contributed by atoms with Crippen LogP contribution in [0, 0.1) is 6.92 Å². The average molecular weight is 316 g/mol. The van der Waals surface area contributed by atoms with Crippen molar-refractivity contribution in [2.24, 2.45) is 0 Å². The van der Waals surface area contributed by atoms with Crippen molar-refractivity contribution >= 4 is 21.4 Å². The van der Waals surface area contributed by atoms with Crippen molar-refractivity contribution in [1.29, 1.82) is 0 Å². The Balaban J connectivity index is 2.36. The number of carbonyl (C=O) groups excluding carboxylic acids is 1. The van der Waals surface area contributed by atoms with E-state index in [0.29, 0.717) is 5.82 Å². The van der Waals surface area contributed by atoms with E-state index in [1.165, 1.54) is 18.2 Å². The van der Waals surface area contributed by atoms with Gasteiger partial charge in [-0.25, -0.2) is 13.4 Å². The molecular formula is C11H10F2N4O3S. The van der Waals surface area contributed by atoms with E-state index in [0.717, 1.165) is 6.07 Å². The zero-order valence-electron chi connectivity index (χ0n) is 10.7. The SMILES string of the molecule is Cc1nc(C(=O)Nc2ccccc2S(=O)(=O)C(F)F)n[nH]1. The lowest BCUT2D eigenvalue weighted by molar-refractivity contribution is 0.101. The van der Waals surface area contributed by atoms with E-state index in [9.17, 15) is 22.0 Å². The standard InChI is InChI=1S/C11H10F2N4O3S/c1-6-14-9(17-16-6)10(18)15-7-4-2-3-5-8(7)21(19,20)11(12)13/h2-5,11H,1H3,(H,15,18)(H,14,16,17). The van der Waals surface area contributed by atoms with Gasteiger partial charge in [-0.05, 0) is 19.1 Å². The van der Waals surface area contributed by atoms with E-state index in [2.05, 4.69) is 20.5 Å². The number of amides is 1. The molecule has 0 spiro atoms. The molecule has 2 N–H and O–H groups in total. The molecule has 0 saturated heterocycles. The summed E-state index contributed by atoms with van der Waals surface area (Å²) < 4.78 is 48.3. The first-order chi connectivity index (χ1) is 9.82. The zero-order chi connectivity index (χ0) is 15.6. The maximum absolute atomic E-state index is 12.6.